The Hall–Kier alpha value is -1.32. The molecule has 1 nitrogen and oxygen atoms in total. The molecule has 1 N–H and O–H groups in total. The van der Waals surface area contributed by atoms with Gasteiger partial charge < -0.3 is 5.11 Å². The maximum Gasteiger partial charge on any atom is 0.123 e. The fourth-order valence-corrected chi connectivity index (χ4v) is 2.87. The predicted octanol–water partition coefficient (Wildman–Crippen LogP) is 4.34. The van der Waals surface area contributed by atoms with Gasteiger partial charge in [0.2, 0.25) is 0 Å². The molecule has 0 aliphatic carbocycles. The van der Waals surface area contributed by atoms with Gasteiger partial charge in [0.05, 0.1) is 6.10 Å². The fraction of sp³-hybridized carbons (Fsp3) is 0.200. The molecular formula is C15H15FOS. The first-order valence-electron chi connectivity index (χ1n) is 5.78. The summed E-state index contributed by atoms with van der Waals surface area (Å²) in [6.07, 6.45) is -0.673. The van der Waals surface area contributed by atoms with E-state index in [1.165, 1.54) is 29.5 Å². The summed E-state index contributed by atoms with van der Waals surface area (Å²) in [5.41, 5.74) is 1.81. The summed E-state index contributed by atoms with van der Waals surface area (Å²) in [6.45, 7) is 3.68. The minimum atomic E-state index is -0.673. The van der Waals surface area contributed by atoms with Crippen LogP contribution >= 0.6 is 11.8 Å². The predicted molar refractivity (Wildman–Crippen MR) is 72.3 cm³/mol. The van der Waals surface area contributed by atoms with E-state index in [2.05, 4.69) is 6.07 Å². The summed E-state index contributed by atoms with van der Waals surface area (Å²) in [5, 5.41) is 9.68. The highest BCUT2D eigenvalue weighted by Crippen LogP contribution is 2.34. The number of hydrogen-bond donors (Lipinski definition) is 1. The highest BCUT2D eigenvalue weighted by molar-refractivity contribution is 7.99. The maximum atomic E-state index is 13.2. The van der Waals surface area contributed by atoms with Crippen molar-refractivity contribution >= 4 is 11.8 Å². The van der Waals surface area contributed by atoms with Crippen LogP contribution in [0.4, 0.5) is 4.39 Å². The first-order valence-corrected chi connectivity index (χ1v) is 6.60. The summed E-state index contributed by atoms with van der Waals surface area (Å²) in [6, 6.07) is 12.6. The minimum absolute atomic E-state index is 0.320. The Bertz CT molecular complexity index is 552. The van der Waals surface area contributed by atoms with E-state index in [9.17, 15) is 9.50 Å². The van der Waals surface area contributed by atoms with Crippen molar-refractivity contribution < 1.29 is 9.50 Å². The molecular weight excluding hydrogens is 247 g/mol. The smallest absolute Gasteiger partial charge is 0.123 e. The molecule has 0 aliphatic rings. The zero-order valence-electron chi connectivity index (χ0n) is 10.4. The van der Waals surface area contributed by atoms with Gasteiger partial charge in [0.25, 0.3) is 0 Å². The zero-order chi connectivity index (χ0) is 13.1. The second kappa shape index (κ2) is 5.55. The summed E-state index contributed by atoms with van der Waals surface area (Å²) >= 11 is 1.54. The van der Waals surface area contributed by atoms with Crippen LogP contribution in [0.1, 0.15) is 24.2 Å². The molecule has 0 fully saturated rings. The van der Waals surface area contributed by atoms with Crippen molar-refractivity contribution in [3.8, 4) is 0 Å². The van der Waals surface area contributed by atoms with Gasteiger partial charge in [0.15, 0.2) is 0 Å². The van der Waals surface area contributed by atoms with E-state index >= 15 is 0 Å². The van der Waals surface area contributed by atoms with Crippen LogP contribution in [0.25, 0.3) is 0 Å². The third-order valence-corrected chi connectivity index (χ3v) is 3.72. The number of benzene rings is 2. The third kappa shape index (κ3) is 3.12. The van der Waals surface area contributed by atoms with Gasteiger partial charge in [-0.3, -0.25) is 0 Å². The number of aliphatic hydroxyl groups excluding tert-OH is 1. The van der Waals surface area contributed by atoms with Gasteiger partial charge in [0, 0.05) is 9.79 Å². The average molecular weight is 262 g/mol. The topological polar surface area (TPSA) is 20.2 Å². The summed E-state index contributed by atoms with van der Waals surface area (Å²) in [5.74, 6) is -0.320. The number of hydrogen-bond acceptors (Lipinski definition) is 2. The second-order valence-electron chi connectivity index (χ2n) is 4.28. The molecule has 0 radical (unpaired) electrons. The van der Waals surface area contributed by atoms with Crippen LogP contribution in [-0.4, -0.2) is 5.11 Å². The molecule has 1 atom stereocenters. The molecule has 0 heterocycles. The molecule has 94 valence electrons. The van der Waals surface area contributed by atoms with Gasteiger partial charge in [-0.1, -0.05) is 29.5 Å². The Morgan fingerprint density at radius 2 is 1.94 bits per heavy atom. The lowest BCUT2D eigenvalue weighted by Gasteiger charge is -2.12. The van der Waals surface area contributed by atoms with Crippen molar-refractivity contribution in [2.75, 3.05) is 0 Å². The summed E-state index contributed by atoms with van der Waals surface area (Å²) in [7, 11) is 0. The van der Waals surface area contributed by atoms with E-state index < -0.39 is 6.10 Å². The molecule has 0 amide bonds. The van der Waals surface area contributed by atoms with Gasteiger partial charge in [-0.05, 0) is 49.7 Å². The van der Waals surface area contributed by atoms with Gasteiger partial charge >= 0.3 is 0 Å². The lowest BCUT2D eigenvalue weighted by Crippen LogP contribution is -1.95. The largest absolute Gasteiger partial charge is 0.389 e. The molecule has 2 aromatic rings. The van der Waals surface area contributed by atoms with E-state index in [-0.39, 0.29) is 5.82 Å². The van der Waals surface area contributed by atoms with Crippen LogP contribution in [0.2, 0.25) is 0 Å². The standard InChI is InChI=1S/C15H15FOS/c1-10-4-3-5-13(8-10)18-15-7-6-12(16)9-14(15)11(2)17/h3-9,11,17H,1-2H3/t11-/m0/s1. The molecule has 2 rings (SSSR count). The SMILES string of the molecule is Cc1cccc(Sc2ccc(F)cc2[C@H](C)O)c1. The normalized spacial score (nSPS) is 12.4. The highest BCUT2D eigenvalue weighted by Gasteiger charge is 2.10. The van der Waals surface area contributed by atoms with E-state index in [0.717, 1.165) is 9.79 Å². The van der Waals surface area contributed by atoms with E-state index in [1.807, 2.05) is 25.1 Å². The Kier molecular flexibility index (Phi) is 4.04. The monoisotopic (exact) mass is 262 g/mol. The van der Waals surface area contributed by atoms with Crippen LogP contribution in [0.3, 0.4) is 0 Å². The Balaban J connectivity index is 2.34. The Morgan fingerprint density at radius 1 is 1.17 bits per heavy atom. The van der Waals surface area contributed by atoms with Crippen LogP contribution in [0, 0.1) is 12.7 Å². The van der Waals surface area contributed by atoms with Gasteiger partial charge in [0.1, 0.15) is 5.82 Å². The van der Waals surface area contributed by atoms with Crippen molar-refractivity contribution in [3.63, 3.8) is 0 Å². The lowest BCUT2D eigenvalue weighted by atomic mass is 10.1. The maximum absolute atomic E-state index is 13.2. The van der Waals surface area contributed by atoms with Gasteiger partial charge in [-0.2, -0.15) is 0 Å². The first kappa shape index (κ1) is 13.1. The number of aryl methyl sites for hydroxylation is 1. The van der Waals surface area contributed by atoms with Crippen LogP contribution < -0.4 is 0 Å². The van der Waals surface area contributed by atoms with Gasteiger partial charge in [-0.15, -0.1) is 0 Å². The molecule has 18 heavy (non-hydrogen) atoms. The van der Waals surface area contributed by atoms with Gasteiger partial charge in [-0.25, -0.2) is 4.39 Å². The van der Waals surface area contributed by atoms with Crippen LogP contribution in [0.15, 0.2) is 52.3 Å². The van der Waals surface area contributed by atoms with E-state index in [0.29, 0.717) is 5.56 Å². The second-order valence-corrected chi connectivity index (χ2v) is 5.39. The van der Waals surface area contributed by atoms with Crippen molar-refractivity contribution in [1.82, 2.24) is 0 Å². The van der Waals surface area contributed by atoms with Crippen LogP contribution in [0.5, 0.6) is 0 Å². The van der Waals surface area contributed by atoms with Crippen molar-refractivity contribution in [3.05, 3.63) is 59.4 Å². The lowest BCUT2D eigenvalue weighted by molar-refractivity contribution is 0.196. The molecule has 2 aromatic carbocycles. The number of halogens is 1. The number of aliphatic hydroxyl groups is 1. The number of rotatable bonds is 3. The Morgan fingerprint density at radius 3 is 2.61 bits per heavy atom. The molecule has 0 aromatic heterocycles. The third-order valence-electron chi connectivity index (χ3n) is 2.64. The fourth-order valence-electron chi connectivity index (χ4n) is 1.74. The van der Waals surface area contributed by atoms with Crippen LogP contribution in [-0.2, 0) is 0 Å². The van der Waals surface area contributed by atoms with Crippen molar-refractivity contribution in [2.24, 2.45) is 0 Å². The first-order chi connectivity index (χ1) is 8.56. The molecule has 0 saturated heterocycles. The average Bonchev–Trinajstić information content (AvgIpc) is 2.31. The van der Waals surface area contributed by atoms with E-state index in [1.54, 1.807) is 13.0 Å². The molecule has 0 spiro atoms. The quantitative estimate of drug-likeness (QED) is 0.888. The summed E-state index contributed by atoms with van der Waals surface area (Å²) < 4.78 is 13.2. The highest BCUT2D eigenvalue weighted by atomic mass is 32.2. The summed E-state index contributed by atoms with van der Waals surface area (Å²) in [4.78, 5) is 1.97. The molecule has 0 unspecified atom stereocenters. The molecule has 0 bridgehead atoms. The molecule has 3 heteroatoms. The molecule has 0 saturated carbocycles. The molecule has 0 aliphatic heterocycles. The Labute approximate surface area is 111 Å². The minimum Gasteiger partial charge on any atom is -0.389 e. The zero-order valence-corrected chi connectivity index (χ0v) is 11.2. The van der Waals surface area contributed by atoms with E-state index in [4.69, 9.17) is 0 Å². The van der Waals surface area contributed by atoms with Crippen molar-refractivity contribution in [2.45, 2.75) is 29.7 Å². The van der Waals surface area contributed by atoms with Crippen molar-refractivity contribution in [1.29, 1.82) is 0 Å².